The van der Waals surface area contributed by atoms with Gasteiger partial charge in [0.15, 0.2) is 0 Å². The van der Waals surface area contributed by atoms with Crippen molar-refractivity contribution in [3.05, 3.63) is 24.3 Å². The molecule has 0 aliphatic rings. The van der Waals surface area contributed by atoms with Gasteiger partial charge in [0.2, 0.25) is 0 Å². The predicted molar refractivity (Wildman–Crippen MR) is 110 cm³/mol. The van der Waals surface area contributed by atoms with Crippen LogP contribution in [0.2, 0.25) is 0 Å². The zero-order valence-corrected chi connectivity index (χ0v) is 16.9. The Morgan fingerprint density at radius 3 is 1.42 bits per heavy atom. The fourth-order valence-electron chi connectivity index (χ4n) is 2.05. The van der Waals surface area contributed by atoms with Gasteiger partial charge in [-0.2, -0.15) is 5.06 Å². The first-order chi connectivity index (χ1) is 12.5. The molecule has 0 aromatic heterocycles. The van der Waals surface area contributed by atoms with Crippen LogP contribution in [0, 0.1) is 0 Å². The van der Waals surface area contributed by atoms with Gasteiger partial charge in [-0.3, -0.25) is 0 Å². The molecule has 0 heterocycles. The third kappa shape index (κ3) is 12.9. The summed E-state index contributed by atoms with van der Waals surface area (Å²) in [5.74, 6) is 0. The van der Waals surface area contributed by atoms with Crippen LogP contribution in [0.25, 0.3) is 0 Å². The van der Waals surface area contributed by atoms with Crippen LogP contribution >= 0.6 is 0 Å². The highest BCUT2D eigenvalue weighted by Gasteiger charge is 2.01. The Labute approximate surface area is 159 Å². The number of rotatable bonds is 12. The number of hydrogen-bond donors (Lipinski definition) is 5. The van der Waals surface area contributed by atoms with Crippen LogP contribution in [0.1, 0.15) is 53.4 Å². The van der Waals surface area contributed by atoms with Crippen LogP contribution in [0.15, 0.2) is 24.3 Å². The number of nitrogens with one attached hydrogen (secondary N) is 2. The summed E-state index contributed by atoms with van der Waals surface area (Å²) in [6.45, 7) is 9.91. The third-order valence-corrected chi connectivity index (χ3v) is 4.08. The first kappa shape index (κ1) is 24.7. The quantitative estimate of drug-likeness (QED) is 0.362. The Bertz CT molecular complexity index is 390. The fraction of sp³-hybridized carbons (Fsp3) is 0.700. The molecule has 1 aromatic rings. The maximum absolute atomic E-state index is 8.92. The predicted octanol–water partition coefficient (Wildman–Crippen LogP) is 3.55. The van der Waals surface area contributed by atoms with Crippen molar-refractivity contribution in [2.24, 2.45) is 0 Å². The Morgan fingerprint density at radius 2 is 1.15 bits per heavy atom. The van der Waals surface area contributed by atoms with Gasteiger partial charge in [-0.25, -0.2) is 0 Å². The molecule has 26 heavy (non-hydrogen) atoms. The molecule has 2 unspecified atom stereocenters. The highest BCUT2D eigenvalue weighted by Crippen LogP contribution is 2.16. The van der Waals surface area contributed by atoms with Gasteiger partial charge in [0, 0.05) is 49.8 Å². The largest absolute Gasteiger partial charge is 0.396 e. The van der Waals surface area contributed by atoms with E-state index in [1.54, 1.807) is 0 Å². The maximum Gasteiger partial charge on any atom is 0.0444 e. The second-order valence-electron chi connectivity index (χ2n) is 6.59. The van der Waals surface area contributed by atoms with Gasteiger partial charge in [0.05, 0.1) is 0 Å². The van der Waals surface area contributed by atoms with Crippen LogP contribution in [0.5, 0.6) is 0 Å². The van der Waals surface area contributed by atoms with Crippen LogP contribution in [-0.4, -0.2) is 58.9 Å². The van der Waals surface area contributed by atoms with E-state index in [2.05, 4.69) is 62.6 Å². The average Bonchev–Trinajstić information content (AvgIpc) is 2.66. The van der Waals surface area contributed by atoms with Crippen LogP contribution in [0.3, 0.4) is 0 Å². The van der Waals surface area contributed by atoms with Crippen molar-refractivity contribution < 1.29 is 15.4 Å². The summed E-state index contributed by atoms with van der Waals surface area (Å²) < 4.78 is 0. The van der Waals surface area contributed by atoms with Gasteiger partial charge >= 0.3 is 0 Å². The summed E-state index contributed by atoms with van der Waals surface area (Å²) in [7, 11) is 0. The number of benzene rings is 1. The summed E-state index contributed by atoms with van der Waals surface area (Å²) in [4.78, 5) is 0. The summed E-state index contributed by atoms with van der Waals surface area (Å²) in [5.41, 5.74) is 2.40. The molecule has 6 nitrogen and oxygen atoms in total. The monoisotopic (exact) mass is 369 g/mol. The van der Waals surface area contributed by atoms with E-state index in [9.17, 15) is 0 Å². The molecular formula is C20H39N3O3. The van der Waals surface area contributed by atoms with Gasteiger partial charge in [-0.15, -0.1) is 0 Å². The molecule has 0 amide bonds. The first-order valence-electron chi connectivity index (χ1n) is 9.75. The number of hydroxylamine groups is 2. The number of nitrogens with zero attached hydrogens (tertiary/aromatic N) is 1. The van der Waals surface area contributed by atoms with Gasteiger partial charge in [0.25, 0.3) is 0 Å². The minimum absolute atomic E-state index is 0.0934. The number of aliphatic hydroxyl groups is 2. The fourth-order valence-corrected chi connectivity index (χ4v) is 2.05. The van der Waals surface area contributed by atoms with Crippen molar-refractivity contribution in [1.82, 2.24) is 5.06 Å². The number of anilines is 2. The lowest BCUT2D eigenvalue weighted by Gasteiger charge is -2.15. The lowest BCUT2D eigenvalue weighted by Crippen LogP contribution is -2.23. The SMILES string of the molecule is CCC(C)Nc1ccc(NC(C)CC)cc1.OCCCN(O)CCCO. The van der Waals surface area contributed by atoms with Crippen molar-refractivity contribution in [2.45, 2.75) is 65.5 Å². The van der Waals surface area contributed by atoms with Crippen LogP contribution in [-0.2, 0) is 0 Å². The molecule has 1 aromatic carbocycles. The Balaban J connectivity index is 0.000000541. The summed E-state index contributed by atoms with van der Waals surface area (Å²) in [6, 6.07) is 9.61. The maximum atomic E-state index is 8.92. The molecule has 0 radical (unpaired) electrons. The molecule has 0 spiro atoms. The van der Waals surface area contributed by atoms with E-state index >= 15 is 0 Å². The lowest BCUT2D eigenvalue weighted by atomic mass is 10.2. The number of hydrogen-bond acceptors (Lipinski definition) is 6. The molecule has 1 rings (SSSR count). The van der Waals surface area contributed by atoms with E-state index in [1.165, 1.54) is 11.4 Å². The highest BCUT2D eigenvalue weighted by molar-refractivity contribution is 5.54. The molecule has 6 heteroatoms. The molecule has 5 N–H and O–H groups in total. The van der Waals surface area contributed by atoms with E-state index in [0.29, 0.717) is 38.0 Å². The van der Waals surface area contributed by atoms with Gasteiger partial charge in [0.1, 0.15) is 0 Å². The summed E-state index contributed by atoms with van der Waals surface area (Å²) in [6.07, 6.45) is 3.43. The van der Waals surface area contributed by atoms with E-state index in [4.69, 9.17) is 15.4 Å². The van der Waals surface area contributed by atoms with Gasteiger partial charge < -0.3 is 26.1 Å². The highest BCUT2D eigenvalue weighted by atomic mass is 16.5. The molecule has 152 valence electrons. The Kier molecular flexibility index (Phi) is 15.1. The third-order valence-electron chi connectivity index (χ3n) is 4.08. The first-order valence-corrected chi connectivity index (χ1v) is 9.75. The van der Waals surface area contributed by atoms with Crippen LogP contribution in [0.4, 0.5) is 11.4 Å². The van der Waals surface area contributed by atoms with Crippen molar-refractivity contribution in [3.8, 4) is 0 Å². The molecule has 0 saturated carbocycles. The normalized spacial score (nSPS) is 12.9. The molecular weight excluding hydrogens is 330 g/mol. The Morgan fingerprint density at radius 1 is 0.808 bits per heavy atom. The standard InChI is InChI=1S/C14H24N2.C6H15NO3/c1-5-11(3)15-13-7-9-14(10-8-13)16-12(4)6-2;8-5-1-3-7(10)4-2-6-9/h7-12,15-16H,5-6H2,1-4H3;8-10H,1-6H2. The van der Waals surface area contributed by atoms with Crippen molar-refractivity contribution in [3.63, 3.8) is 0 Å². The van der Waals surface area contributed by atoms with Crippen LogP contribution < -0.4 is 10.6 Å². The van der Waals surface area contributed by atoms with Gasteiger partial charge in [-0.1, -0.05) is 13.8 Å². The van der Waals surface area contributed by atoms with E-state index in [-0.39, 0.29) is 13.2 Å². The summed E-state index contributed by atoms with van der Waals surface area (Å²) >= 11 is 0. The van der Waals surface area contributed by atoms with Crippen molar-refractivity contribution in [2.75, 3.05) is 36.9 Å². The van der Waals surface area contributed by atoms with E-state index < -0.39 is 0 Å². The number of aliphatic hydroxyl groups excluding tert-OH is 2. The lowest BCUT2D eigenvalue weighted by molar-refractivity contribution is -0.0956. The minimum Gasteiger partial charge on any atom is -0.396 e. The second kappa shape index (κ2) is 15.9. The van der Waals surface area contributed by atoms with Crippen molar-refractivity contribution in [1.29, 1.82) is 0 Å². The van der Waals surface area contributed by atoms with E-state index in [1.807, 2.05) is 0 Å². The zero-order valence-electron chi connectivity index (χ0n) is 16.9. The second-order valence-corrected chi connectivity index (χ2v) is 6.59. The van der Waals surface area contributed by atoms with Crippen molar-refractivity contribution >= 4 is 11.4 Å². The minimum atomic E-state index is 0.0934. The van der Waals surface area contributed by atoms with E-state index in [0.717, 1.165) is 17.9 Å². The van der Waals surface area contributed by atoms with Gasteiger partial charge in [-0.05, 0) is 63.8 Å². The molecule has 0 bridgehead atoms. The molecule has 0 fully saturated rings. The summed E-state index contributed by atoms with van der Waals surface area (Å²) in [5, 5.41) is 33.6. The molecule has 0 aliphatic carbocycles. The topological polar surface area (TPSA) is 88.0 Å². The molecule has 0 saturated heterocycles. The average molecular weight is 370 g/mol. The smallest absolute Gasteiger partial charge is 0.0444 e. The zero-order chi connectivity index (χ0) is 19.8. The molecule has 2 atom stereocenters. The molecule has 0 aliphatic heterocycles. The Hall–Kier alpha value is -1.34.